The number of hydrogen-bond donors (Lipinski definition) is 0. The van der Waals surface area contributed by atoms with E-state index in [4.69, 9.17) is 0 Å². The van der Waals surface area contributed by atoms with Crippen molar-refractivity contribution in [2.24, 2.45) is 5.92 Å². The van der Waals surface area contributed by atoms with Crippen molar-refractivity contribution in [3.05, 3.63) is 35.4 Å². The average molecular weight is 231 g/mol. The summed E-state index contributed by atoms with van der Waals surface area (Å²) in [5, 5.41) is 0. The first-order valence-electron chi connectivity index (χ1n) is 6.47. The van der Waals surface area contributed by atoms with E-state index in [-0.39, 0.29) is 5.78 Å². The van der Waals surface area contributed by atoms with Gasteiger partial charge in [-0.05, 0) is 44.3 Å². The van der Waals surface area contributed by atoms with Crippen molar-refractivity contribution in [1.82, 2.24) is 4.90 Å². The molecule has 1 aromatic carbocycles. The molecule has 2 nitrogen and oxygen atoms in total. The van der Waals surface area contributed by atoms with Gasteiger partial charge < -0.3 is 0 Å². The van der Waals surface area contributed by atoms with E-state index < -0.39 is 0 Å². The lowest BCUT2D eigenvalue weighted by atomic mass is 9.98. The summed E-state index contributed by atoms with van der Waals surface area (Å²) in [6.07, 6.45) is 2.62. The third kappa shape index (κ3) is 3.40. The minimum Gasteiger partial charge on any atom is -0.299 e. The van der Waals surface area contributed by atoms with Crippen LogP contribution in [0.5, 0.6) is 0 Å². The number of Topliss-reactive ketones (excluding diaryl/α,β-unsaturated/α-hetero) is 1. The van der Waals surface area contributed by atoms with Crippen LogP contribution in [0.25, 0.3) is 0 Å². The number of piperidine rings is 1. The zero-order chi connectivity index (χ0) is 12.3. The summed E-state index contributed by atoms with van der Waals surface area (Å²) in [6, 6.07) is 8.03. The standard InChI is InChI=1S/C15H21NO/c1-12-7-9-16(10-8-12)11-14-3-5-15(6-4-14)13(2)17/h3-6,12H,7-11H2,1-2H3. The van der Waals surface area contributed by atoms with Crippen molar-refractivity contribution >= 4 is 5.78 Å². The van der Waals surface area contributed by atoms with E-state index in [1.54, 1.807) is 6.92 Å². The van der Waals surface area contributed by atoms with Crippen LogP contribution in [0.2, 0.25) is 0 Å². The van der Waals surface area contributed by atoms with Crippen molar-refractivity contribution in [3.63, 3.8) is 0 Å². The molecule has 0 spiro atoms. The first kappa shape index (κ1) is 12.3. The van der Waals surface area contributed by atoms with Crippen LogP contribution in [0.3, 0.4) is 0 Å². The fraction of sp³-hybridized carbons (Fsp3) is 0.533. The molecule has 17 heavy (non-hydrogen) atoms. The Morgan fingerprint density at radius 2 is 1.82 bits per heavy atom. The van der Waals surface area contributed by atoms with Crippen LogP contribution in [-0.4, -0.2) is 23.8 Å². The quantitative estimate of drug-likeness (QED) is 0.745. The Hall–Kier alpha value is -1.15. The summed E-state index contributed by atoms with van der Waals surface area (Å²) >= 11 is 0. The molecule has 0 bridgehead atoms. The highest BCUT2D eigenvalue weighted by molar-refractivity contribution is 5.93. The highest BCUT2D eigenvalue weighted by atomic mass is 16.1. The van der Waals surface area contributed by atoms with Gasteiger partial charge in [0, 0.05) is 12.1 Å². The average Bonchev–Trinajstić information content (AvgIpc) is 2.33. The highest BCUT2D eigenvalue weighted by Gasteiger charge is 2.15. The summed E-state index contributed by atoms with van der Waals surface area (Å²) in [6.45, 7) is 7.37. The van der Waals surface area contributed by atoms with Crippen LogP contribution in [0.15, 0.2) is 24.3 Å². The summed E-state index contributed by atoms with van der Waals surface area (Å²) < 4.78 is 0. The molecule has 0 atom stereocenters. The largest absolute Gasteiger partial charge is 0.299 e. The van der Waals surface area contributed by atoms with Crippen molar-refractivity contribution in [1.29, 1.82) is 0 Å². The fourth-order valence-electron chi connectivity index (χ4n) is 2.32. The molecule has 1 aliphatic heterocycles. The molecule has 2 rings (SSSR count). The maximum absolute atomic E-state index is 11.2. The lowest BCUT2D eigenvalue weighted by Gasteiger charge is -2.30. The van der Waals surface area contributed by atoms with Gasteiger partial charge in [-0.1, -0.05) is 31.2 Å². The van der Waals surface area contributed by atoms with E-state index in [9.17, 15) is 4.79 Å². The lowest BCUT2D eigenvalue weighted by molar-refractivity contribution is 0.101. The predicted molar refractivity (Wildman–Crippen MR) is 70.1 cm³/mol. The zero-order valence-electron chi connectivity index (χ0n) is 10.8. The normalized spacial score (nSPS) is 18.2. The molecular weight excluding hydrogens is 210 g/mol. The molecule has 0 saturated carbocycles. The first-order chi connectivity index (χ1) is 8.15. The Bertz CT molecular complexity index is 374. The molecule has 1 aromatic rings. The van der Waals surface area contributed by atoms with Gasteiger partial charge in [0.1, 0.15) is 0 Å². The molecule has 0 aromatic heterocycles. The molecule has 1 aliphatic rings. The number of rotatable bonds is 3. The smallest absolute Gasteiger partial charge is 0.159 e. The first-order valence-corrected chi connectivity index (χ1v) is 6.47. The van der Waals surface area contributed by atoms with Crippen molar-refractivity contribution < 1.29 is 4.79 Å². The van der Waals surface area contributed by atoms with Gasteiger partial charge in [-0.25, -0.2) is 0 Å². The molecule has 2 heteroatoms. The number of likely N-dealkylation sites (tertiary alicyclic amines) is 1. The Kier molecular flexibility index (Phi) is 3.95. The van der Waals surface area contributed by atoms with E-state index in [0.717, 1.165) is 18.0 Å². The number of benzene rings is 1. The summed E-state index contributed by atoms with van der Waals surface area (Å²) in [7, 11) is 0. The lowest BCUT2D eigenvalue weighted by Crippen LogP contribution is -2.32. The van der Waals surface area contributed by atoms with E-state index in [1.807, 2.05) is 12.1 Å². The maximum atomic E-state index is 11.2. The SMILES string of the molecule is CC(=O)c1ccc(CN2CCC(C)CC2)cc1. The number of carbonyl (C=O) groups is 1. The van der Waals surface area contributed by atoms with Crippen molar-refractivity contribution in [2.45, 2.75) is 33.2 Å². The Balaban J connectivity index is 1.92. The number of carbonyl (C=O) groups excluding carboxylic acids is 1. The molecular formula is C15H21NO. The second kappa shape index (κ2) is 5.46. The van der Waals surface area contributed by atoms with Gasteiger partial charge in [0.2, 0.25) is 0 Å². The molecule has 1 heterocycles. The van der Waals surface area contributed by atoms with E-state index in [1.165, 1.54) is 31.5 Å². The summed E-state index contributed by atoms with van der Waals surface area (Å²) in [5.41, 5.74) is 2.12. The van der Waals surface area contributed by atoms with Gasteiger partial charge in [-0.15, -0.1) is 0 Å². The van der Waals surface area contributed by atoms with E-state index in [0.29, 0.717) is 0 Å². The van der Waals surface area contributed by atoms with Gasteiger partial charge in [-0.2, -0.15) is 0 Å². The third-order valence-electron chi connectivity index (χ3n) is 3.64. The molecule has 0 amide bonds. The third-order valence-corrected chi connectivity index (χ3v) is 3.64. The maximum Gasteiger partial charge on any atom is 0.159 e. The van der Waals surface area contributed by atoms with E-state index in [2.05, 4.69) is 24.0 Å². The number of ketones is 1. The Morgan fingerprint density at radius 1 is 1.24 bits per heavy atom. The van der Waals surface area contributed by atoms with E-state index >= 15 is 0 Å². The van der Waals surface area contributed by atoms with Gasteiger partial charge in [0.05, 0.1) is 0 Å². The molecule has 1 saturated heterocycles. The fourth-order valence-corrected chi connectivity index (χ4v) is 2.32. The summed E-state index contributed by atoms with van der Waals surface area (Å²) in [5.74, 6) is 1.02. The molecule has 0 unspecified atom stereocenters. The predicted octanol–water partition coefficient (Wildman–Crippen LogP) is 3.12. The van der Waals surface area contributed by atoms with Crippen molar-refractivity contribution in [2.75, 3.05) is 13.1 Å². The molecule has 1 fully saturated rings. The minimum atomic E-state index is 0.142. The Morgan fingerprint density at radius 3 is 2.35 bits per heavy atom. The molecule has 92 valence electrons. The van der Waals surface area contributed by atoms with Crippen LogP contribution in [0.4, 0.5) is 0 Å². The molecule has 0 radical (unpaired) electrons. The zero-order valence-corrected chi connectivity index (χ0v) is 10.8. The second-order valence-electron chi connectivity index (χ2n) is 5.21. The van der Waals surface area contributed by atoms with Crippen LogP contribution in [0, 0.1) is 5.92 Å². The van der Waals surface area contributed by atoms with Gasteiger partial charge in [-0.3, -0.25) is 9.69 Å². The van der Waals surface area contributed by atoms with Crippen LogP contribution in [-0.2, 0) is 6.54 Å². The molecule has 0 aliphatic carbocycles. The molecule has 0 N–H and O–H groups in total. The number of nitrogens with zero attached hydrogens (tertiary/aromatic N) is 1. The van der Waals surface area contributed by atoms with Crippen molar-refractivity contribution in [3.8, 4) is 0 Å². The van der Waals surface area contributed by atoms with Crippen LogP contribution < -0.4 is 0 Å². The van der Waals surface area contributed by atoms with Crippen LogP contribution >= 0.6 is 0 Å². The van der Waals surface area contributed by atoms with Gasteiger partial charge >= 0.3 is 0 Å². The monoisotopic (exact) mass is 231 g/mol. The second-order valence-corrected chi connectivity index (χ2v) is 5.21. The van der Waals surface area contributed by atoms with Gasteiger partial charge in [0.25, 0.3) is 0 Å². The summed E-state index contributed by atoms with van der Waals surface area (Å²) in [4.78, 5) is 13.7. The van der Waals surface area contributed by atoms with Crippen LogP contribution in [0.1, 0.15) is 42.6 Å². The topological polar surface area (TPSA) is 20.3 Å². The Labute approximate surface area is 104 Å². The number of hydrogen-bond acceptors (Lipinski definition) is 2. The van der Waals surface area contributed by atoms with Gasteiger partial charge in [0.15, 0.2) is 5.78 Å². The highest BCUT2D eigenvalue weighted by Crippen LogP contribution is 2.18. The minimum absolute atomic E-state index is 0.142.